The summed E-state index contributed by atoms with van der Waals surface area (Å²) in [5.41, 5.74) is 1.14. The Morgan fingerprint density at radius 1 is 1.14 bits per heavy atom. The molecule has 1 aliphatic rings. The van der Waals surface area contributed by atoms with E-state index in [1.165, 1.54) is 32.2 Å². The Bertz CT molecular complexity index is 968. The molecule has 4 amide bonds. The predicted molar refractivity (Wildman–Crippen MR) is 96.3 cm³/mol. The molecule has 0 aromatic heterocycles. The van der Waals surface area contributed by atoms with Crippen molar-refractivity contribution >= 4 is 17.8 Å². The average Bonchev–Trinajstić information content (AvgIpc) is 2.91. The number of ether oxygens (including phenoxy) is 2. The van der Waals surface area contributed by atoms with Gasteiger partial charge in [-0.05, 0) is 42.8 Å². The van der Waals surface area contributed by atoms with Crippen molar-refractivity contribution in [3.05, 3.63) is 59.7 Å². The Labute approximate surface area is 164 Å². The Hall–Kier alpha value is -3.69. The molecule has 152 valence electrons. The summed E-state index contributed by atoms with van der Waals surface area (Å²) in [4.78, 5) is 37.6. The number of imide groups is 1. The first-order valence-electron chi connectivity index (χ1n) is 8.41. The Balaban J connectivity index is 1.80. The summed E-state index contributed by atoms with van der Waals surface area (Å²) in [5, 5.41) is 3.08. The fourth-order valence-corrected chi connectivity index (χ4v) is 2.85. The first kappa shape index (κ1) is 20.1. The van der Waals surface area contributed by atoms with Crippen LogP contribution in [-0.2, 0) is 10.3 Å². The standard InChI is InChI=1S/C19H17F2N3O5/c1-19(12-6-4-7-13(10-12)28-2)16(26)24(18(27)22-19)23-15(25)11-5-3-8-14(9-11)29-17(20)21/h3-10,17H,1-2H3,(H,22,27)(H,23,25)/t19-/m0/s1. The van der Waals surface area contributed by atoms with Crippen LogP contribution >= 0.6 is 0 Å². The molecule has 29 heavy (non-hydrogen) atoms. The zero-order chi connectivity index (χ0) is 21.2. The number of halogens is 2. The number of urea groups is 1. The van der Waals surface area contributed by atoms with E-state index < -0.39 is 30.0 Å². The summed E-state index contributed by atoms with van der Waals surface area (Å²) >= 11 is 0. The number of hydrazine groups is 1. The lowest BCUT2D eigenvalue weighted by atomic mass is 9.92. The highest BCUT2D eigenvalue weighted by atomic mass is 19.3. The molecule has 0 saturated carbocycles. The Kier molecular flexibility index (Phi) is 5.35. The second kappa shape index (κ2) is 7.74. The summed E-state index contributed by atoms with van der Waals surface area (Å²) in [6, 6.07) is 10.7. The van der Waals surface area contributed by atoms with Gasteiger partial charge in [0.1, 0.15) is 17.0 Å². The van der Waals surface area contributed by atoms with E-state index in [-0.39, 0.29) is 11.3 Å². The van der Waals surface area contributed by atoms with Gasteiger partial charge in [-0.2, -0.15) is 13.8 Å². The highest BCUT2D eigenvalue weighted by molar-refractivity contribution is 6.09. The van der Waals surface area contributed by atoms with Gasteiger partial charge in [0.05, 0.1) is 7.11 Å². The van der Waals surface area contributed by atoms with Crippen LogP contribution in [0.25, 0.3) is 0 Å². The maximum Gasteiger partial charge on any atom is 0.387 e. The van der Waals surface area contributed by atoms with E-state index in [1.54, 1.807) is 24.3 Å². The summed E-state index contributed by atoms with van der Waals surface area (Å²) in [7, 11) is 1.47. The number of benzene rings is 2. The minimum Gasteiger partial charge on any atom is -0.497 e. The molecular weight excluding hydrogens is 388 g/mol. The summed E-state index contributed by atoms with van der Waals surface area (Å²) in [6.07, 6.45) is 0. The lowest BCUT2D eigenvalue weighted by Crippen LogP contribution is -2.47. The van der Waals surface area contributed by atoms with Crippen molar-refractivity contribution in [2.24, 2.45) is 0 Å². The lowest BCUT2D eigenvalue weighted by molar-refractivity contribution is -0.132. The van der Waals surface area contributed by atoms with Crippen molar-refractivity contribution < 1.29 is 32.6 Å². The number of alkyl halides is 2. The van der Waals surface area contributed by atoms with E-state index in [1.807, 2.05) is 0 Å². The van der Waals surface area contributed by atoms with E-state index in [0.717, 1.165) is 6.07 Å². The van der Waals surface area contributed by atoms with Crippen LogP contribution in [0.3, 0.4) is 0 Å². The van der Waals surface area contributed by atoms with Gasteiger partial charge in [-0.25, -0.2) is 4.79 Å². The van der Waals surface area contributed by atoms with E-state index in [0.29, 0.717) is 16.3 Å². The average molecular weight is 405 g/mol. The number of nitrogens with zero attached hydrogens (tertiary/aromatic N) is 1. The van der Waals surface area contributed by atoms with Crippen LogP contribution in [0.4, 0.5) is 13.6 Å². The highest BCUT2D eigenvalue weighted by Gasteiger charge is 2.50. The van der Waals surface area contributed by atoms with Gasteiger partial charge < -0.3 is 14.8 Å². The minimum atomic E-state index is -3.05. The highest BCUT2D eigenvalue weighted by Crippen LogP contribution is 2.30. The molecule has 1 heterocycles. The Morgan fingerprint density at radius 3 is 2.52 bits per heavy atom. The lowest BCUT2D eigenvalue weighted by Gasteiger charge is -2.22. The van der Waals surface area contributed by atoms with Crippen LogP contribution in [0.15, 0.2) is 48.5 Å². The molecule has 0 radical (unpaired) electrons. The third kappa shape index (κ3) is 3.96. The van der Waals surface area contributed by atoms with Gasteiger partial charge in [0.2, 0.25) is 0 Å². The van der Waals surface area contributed by atoms with Crippen molar-refractivity contribution in [3.8, 4) is 11.5 Å². The minimum absolute atomic E-state index is 0.0706. The SMILES string of the molecule is COc1cccc([C@]2(C)NC(=O)N(NC(=O)c3cccc(OC(F)F)c3)C2=O)c1. The summed E-state index contributed by atoms with van der Waals surface area (Å²) < 4.78 is 34.1. The molecule has 8 nitrogen and oxygen atoms in total. The zero-order valence-electron chi connectivity index (χ0n) is 15.4. The van der Waals surface area contributed by atoms with Gasteiger partial charge in [-0.15, -0.1) is 0 Å². The number of rotatable bonds is 6. The number of carbonyl (C=O) groups is 3. The van der Waals surface area contributed by atoms with E-state index in [2.05, 4.69) is 15.5 Å². The van der Waals surface area contributed by atoms with Crippen molar-refractivity contribution in [3.63, 3.8) is 0 Å². The molecular formula is C19H17F2N3O5. The van der Waals surface area contributed by atoms with E-state index in [9.17, 15) is 23.2 Å². The fraction of sp³-hybridized carbons (Fsp3) is 0.211. The van der Waals surface area contributed by atoms with E-state index >= 15 is 0 Å². The molecule has 0 unspecified atom stereocenters. The van der Waals surface area contributed by atoms with Crippen molar-refractivity contribution in [2.75, 3.05) is 7.11 Å². The van der Waals surface area contributed by atoms with Crippen LogP contribution in [0, 0.1) is 0 Å². The van der Waals surface area contributed by atoms with Gasteiger partial charge >= 0.3 is 12.6 Å². The smallest absolute Gasteiger partial charge is 0.387 e. The van der Waals surface area contributed by atoms with Gasteiger partial charge in [-0.1, -0.05) is 18.2 Å². The zero-order valence-corrected chi connectivity index (χ0v) is 15.4. The molecule has 0 aliphatic carbocycles. The molecule has 2 N–H and O–H groups in total. The summed E-state index contributed by atoms with van der Waals surface area (Å²) in [6.45, 7) is -1.56. The normalized spacial score (nSPS) is 18.6. The van der Waals surface area contributed by atoms with Crippen LogP contribution < -0.4 is 20.2 Å². The van der Waals surface area contributed by atoms with E-state index in [4.69, 9.17) is 4.74 Å². The quantitative estimate of drug-likeness (QED) is 0.720. The topological polar surface area (TPSA) is 97.0 Å². The molecule has 10 heteroatoms. The Morgan fingerprint density at radius 2 is 1.83 bits per heavy atom. The van der Waals surface area contributed by atoms with Gasteiger partial charge in [-0.3, -0.25) is 15.0 Å². The number of nitrogens with one attached hydrogen (secondary N) is 2. The van der Waals surface area contributed by atoms with Gasteiger partial charge in [0, 0.05) is 5.56 Å². The monoisotopic (exact) mass is 405 g/mol. The molecule has 3 rings (SSSR count). The number of hydrogen-bond donors (Lipinski definition) is 2. The van der Waals surface area contributed by atoms with Crippen LogP contribution in [-0.4, -0.2) is 36.6 Å². The molecule has 2 aromatic rings. The fourth-order valence-electron chi connectivity index (χ4n) is 2.85. The van der Waals surface area contributed by atoms with Crippen molar-refractivity contribution in [1.29, 1.82) is 0 Å². The first-order valence-corrected chi connectivity index (χ1v) is 8.41. The largest absolute Gasteiger partial charge is 0.497 e. The number of carbonyl (C=O) groups excluding carboxylic acids is 3. The van der Waals surface area contributed by atoms with Crippen molar-refractivity contribution in [1.82, 2.24) is 15.8 Å². The van der Waals surface area contributed by atoms with Crippen LogP contribution in [0.1, 0.15) is 22.8 Å². The molecule has 2 aromatic carbocycles. The molecule has 1 atom stereocenters. The third-order valence-electron chi connectivity index (χ3n) is 4.37. The van der Waals surface area contributed by atoms with Crippen LogP contribution in [0.5, 0.6) is 11.5 Å². The molecule has 1 saturated heterocycles. The third-order valence-corrected chi connectivity index (χ3v) is 4.37. The molecule has 1 fully saturated rings. The second-order valence-corrected chi connectivity index (χ2v) is 6.27. The second-order valence-electron chi connectivity index (χ2n) is 6.27. The number of amides is 4. The maximum atomic E-state index is 12.9. The number of methoxy groups -OCH3 is 1. The van der Waals surface area contributed by atoms with Crippen molar-refractivity contribution in [2.45, 2.75) is 19.1 Å². The van der Waals surface area contributed by atoms with Gasteiger partial charge in [0.25, 0.3) is 11.8 Å². The molecule has 1 aliphatic heterocycles. The first-order chi connectivity index (χ1) is 13.7. The predicted octanol–water partition coefficient (Wildman–Crippen LogP) is 2.41. The number of hydrogen-bond acceptors (Lipinski definition) is 5. The maximum absolute atomic E-state index is 12.9. The van der Waals surface area contributed by atoms with Crippen LogP contribution in [0.2, 0.25) is 0 Å². The van der Waals surface area contributed by atoms with Gasteiger partial charge in [0.15, 0.2) is 0 Å². The molecule has 0 spiro atoms. The molecule has 0 bridgehead atoms. The summed E-state index contributed by atoms with van der Waals surface area (Å²) in [5.74, 6) is -1.30.